The summed E-state index contributed by atoms with van der Waals surface area (Å²) in [7, 11) is 0. The first kappa shape index (κ1) is 16.0. The van der Waals surface area contributed by atoms with Gasteiger partial charge in [0.2, 0.25) is 0 Å². The van der Waals surface area contributed by atoms with Gasteiger partial charge in [-0.25, -0.2) is 4.68 Å². The van der Waals surface area contributed by atoms with Gasteiger partial charge in [-0.05, 0) is 31.9 Å². The first-order chi connectivity index (χ1) is 11.1. The Balaban J connectivity index is 1.79. The van der Waals surface area contributed by atoms with Crippen LogP contribution in [0.1, 0.15) is 29.7 Å². The molecular weight excluding hydrogens is 314 g/mol. The molecular formula is C17H20ClN3O2. The normalized spacial score (nSPS) is 18.4. The third kappa shape index (κ3) is 3.41. The molecule has 2 aromatic rings. The van der Waals surface area contributed by atoms with E-state index in [1.807, 2.05) is 42.2 Å². The van der Waals surface area contributed by atoms with E-state index in [9.17, 15) is 9.90 Å². The fourth-order valence-electron chi connectivity index (χ4n) is 3.13. The Morgan fingerprint density at radius 2 is 2.09 bits per heavy atom. The third-order valence-corrected chi connectivity index (χ3v) is 4.79. The highest BCUT2D eigenvalue weighted by Gasteiger charge is 2.31. The molecule has 1 unspecified atom stereocenters. The molecule has 1 fully saturated rings. The number of hydrogen-bond donors (Lipinski definition) is 1. The number of rotatable bonds is 5. The van der Waals surface area contributed by atoms with Crippen LogP contribution in [-0.2, 0) is 17.9 Å². The van der Waals surface area contributed by atoms with Crippen LogP contribution in [0.2, 0.25) is 5.15 Å². The predicted octanol–water partition coefficient (Wildman–Crippen LogP) is 2.94. The second-order valence-corrected chi connectivity index (χ2v) is 6.32. The molecule has 6 heteroatoms. The highest BCUT2D eigenvalue weighted by molar-refractivity contribution is 6.30. The first-order valence-corrected chi connectivity index (χ1v) is 8.16. The summed E-state index contributed by atoms with van der Waals surface area (Å²) >= 11 is 6.51. The summed E-state index contributed by atoms with van der Waals surface area (Å²) in [5.41, 5.74) is 2.92. The number of hydrogen-bond acceptors (Lipinski definition) is 3. The zero-order valence-electron chi connectivity index (χ0n) is 13.1. The molecule has 23 heavy (non-hydrogen) atoms. The van der Waals surface area contributed by atoms with Crippen LogP contribution in [0.3, 0.4) is 0 Å². The number of carbonyl (C=O) groups is 1. The van der Waals surface area contributed by atoms with Crippen molar-refractivity contribution in [3.8, 4) is 0 Å². The van der Waals surface area contributed by atoms with Crippen molar-refractivity contribution in [2.75, 3.05) is 6.54 Å². The fraction of sp³-hybridized carbons (Fsp3) is 0.412. The Hall–Kier alpha value is -1.85. The Labute approximate surface area is 140 Å². The lowest BCUT2D eigenvalue weighted by molar-refractivity contribution is -0.142. The first-order valence-electron chi connectivity index (χ1n) is 7.79. The summed E-state index contributed by atoms with van der Waals surface area (Å²) in [6.45, 7) is 3.87. The van der Waals surface area contributed by atoms with Crippen molar-refractivity contribution in [1.82, 2.24) is 14.7 Å². The van der Waals surface area contributed by atoms with Crippen LogP contribution < -0.4 is 0 Å². The summed E-state index contributed by atoms with van der Waals surface area (Å²) in [4.78, 5) is 13.3. The molecule has 5 nitrogen and oxygen atoms in total. The smallest absolute Gasteiger partial charge is 0.320 e. The minimum absolute atomic E-state index is 0.414. The summed E-state index contributed by atoms with van der Waals surface area (Å²) in [6, 6.07) is 9.61. The number of carboxylic acid groups (broad SMARTS) is 1. The molecule has 0 radical (unpaired) electrons. The van der Waals surface area contributed by atoms with Gasteiger partial charge in [0.15, 0.2) is 0 Å². The minimum atomic E-state index is -0.757. The Morgan fingerprint density at radius 3 is 2.78 bits per heavy atom. The molecule has 1 aliphatic heterocycles. The second-order valence-electron chi connectivity index (χ2n) is 5.96. The molecule has 1 aromatic heterocycles. The number of aryl methyl sites for hydroxylation is 1. The second kappa shape index (κ2) is 6.72. The van der Waals surface area contributed by atoms with Gasteiger partial charge in [0, 0.05) is 12.1 Å². The zero-order valence-corrected chi connectivity index (χ0v) is 13.8. The zero-order chi connectivity index (χ0) is 16.4. The van der Waals surface area contributed by atoms with Crippen LogP contribution in [0, 0.1) is 6.92 Å². The number of halogens is 1. The summed E-state index contributed by atoms with van der Waals surface area (Å²) in [6.07, 6.45) is 1.61. The van der Waals surface area contributed by atoms with Gasteiger partial charge in [-0.15, -0.1) is 0 Å². The maximum absolute atomic E-state index is 11.3. The van der Waals surface area contributed by atoms with Gasteiger partial charge in [-0.1, -0.05) is 41.9 Å². The van der Waals surface area contributed by atoms with E-state index in [4.69, 9.17) is 11.6 Å². The van der Waals surface area contributed by atoms with Crippen molar-refractivity contribution >= 4 is 17.6 Å². The molecule has 0 bridgehead atoms. The molecule has 2 heterocycles. The van der Waals surface area contributed by atoms with E-state index in [0.717, 1.165) is 29.8 Å². The van der Waals surface area contributed by atoms with E-state index in [-0.39, 0.29) is 0 Å². The monoisotopic (exact) mass is 333 g/mol. The van der Waals surface area contributed by atoms with Crippen molar-refractivity contribution in [3.05, 3.63) is 52.3 Å². The lowest BCUT2D eigenvalue weighted by Gasteiger charge is -2.20. The van der Waals surface area contributed by atoms with Crippen LogP contribution in [0.4, 0.5) is 0 Å². The number of aromatic nitrogens is 2. The summed E-state index contributed by atoms with van der Waals surface area (Å²) in [5, 5.41) is 14.4. The van der Waals surface area contributed by atoms with Gasteiger partial charge < -0.3 is 5.11 Å². The van der Waals surface area contributed by atoms with Crippen molar-refractivity contribution < 1.29 is 9.90 Å². The molecule has 0 spiro atoms. The lowest BCUT2D eigenvalue weighted by atomic mass is 10.2. The van der Waals surface area contributed by atoms with Crippen LogP contribution in [0.15, 0.2) is 30.3 Å². The topological polar surface area (TPSA) is 58.4 Å². The average Bonchev–Trinajstić information content (AvgIpc) is 3.09. The van der Waals surface area contributed by atoms with E-state index in [0.29, 0.717) is 24.7 Å². The molecule has 3 rings (SSSR count). The Kier molecular flexibility index (Phi) is 4.68. The highest BCUT2D eigenvalue weighted by atomic mass is 35.5. The van der Waals surface area contributed by atoms with Crippen molar-refractivity contribution in [2.45, 2.75) is 38.9 Å². The fourth-order valence-corrected chi connectivity index (χ4v) is 3.42. The molecule has 0 aliphatic carbocycles. The summed E-state index contributed by atoms with van der Waals surface area (Å²) in [5.74, 6) is -0.757. The standard InChI is InChI=1S/C17H20ClN3O2/c1-12-14(11-20-9-5-8-15(20)17(22)23)16(18)21(19-12)10-13-6-3-2-4-7-13/h2-4,6-7,15H,5,8-11H2,1H3,(H,22,23). The van der Waals surface area contributed by atoms with Crippen LogP contribution >= 0.6 is 11.6 Å². The quantitative estimate of drug-likeness (QED) is 0.914. The molecule has 1 atom stereocenters. The van der Waals surface area contributed by atoms with Gasteiger partial charge in [0.1, 0.15) is 11.2 Å². The van der Waals surface area contributed by atoms with Crippen LogP contribution in [0.25, 0.3) is 0 Å². The van der Waals surface area contributed by atoms with Gasteiger partial charge >= 0.3 is 5.97 Å². The highest BCUT2D eigenvalue weighted by Crippen LogP contribution is 2.26. The number of benzene rings is 1. The van der Waals surface area contributed by atoms with E-state index < -0.39 is 12.0 Å². The van der Waals surface area contributed by atoms with Gasteiger partial charge in [0.05, 0.1) is 12.2 Å². The van der Waals surface area contributed by atoms with Gasteiger partial charge in [-0.3, -0.25) is 9.69 Å². The minimum Gasteiger partial charge on any atom is -0.480 e. The Bertz CT molecular complexity index is 699. The molecule has 1 aromatic carbocycles. The molecule has 1 N–H and O–H groups in total. The largest absolute Gasteiger partial charge is 0.480 e. The van der Waals surface area contributed by atoms with Crippen molar-refractivity contribution in [1.29, 1.82) is 0 Å². The molecule has 0 saturated carbocycles. The van der Waals surface area contributed by atoms with Crippen LogP contribution in [-0.4, -0.2) is 38.3 Å². The molecule has 1 saturated heterocycles. The maximum atomic E-state index is 11.3. The van der Waals surface area contributed by atoms with Gasteiger partial charge in [0.25, 0.3) is 0 Å². The number of likely N-dealkylation sites (tertiary alicyclic amines) is 1. The molecule has 1 aliphatic rings. The lowest BCUT2D eigenvalue weighted by Crippen LogP contribution is -2.35. The average molecular weight is 334 g/mol. The molecule has 122 valence electrons. The predicted molar refractivity (Wildman–Crippen MR) is 88.6 cm³/mol. The van der Waals surface area contributed by atoms with Crippen molar-refractivity contribution in [2.24, 2.45) is 0 Å². The van der Waals surface area contributed by atoms with Gasteiger partial charge in [-0.2, -0.15) is 5.10 Å². The van der Waals surface area contributed by atoms with E-state index in [1.165, 1.54) is 0 Å². The molecule has 0 amide bonds. The number of nitrogens with zero attached hydrogens (tertiary/aromatic N) is 3. The van der Waals surface area contributed by atoms with Crippen molar-refractivity contribution in [3.63, 3.8) is 0 Å². The Morgan fingerprint density at radius 1 is 1.35 bits per heavy atom. The SMILES string of the molecule is Cc1nn(Cc2ccccc2)c(Cl)c1CN1CCCC1C(=O)O. The summed E-state index contributed by atoms with van der Waals surface area (Å²) < 4.78 is 1.79. The third-order valence-electron chi connectivity index (χ3n) is 4.37. The van der Waals surface area contributed by atoms with E-state index >= 15 is 0 Å². The van der Waals surface area contributed by atoms with E-state index in [2.05, 4.69) is 5.10 Å². The van der Waals surface area contributed by atoms with E-state index in [1.54, 1.807) is 4.68 Å². The van der Waals surface area contributed by atoms with Crippen LogP contribution in [0.5, 0.6) is 0 Å². The maximum Gasteiger partial charge on any atom is 0.320 e. The number of carboxylic acids is 1. The number of aliphatic carboxylic acids is 1.